The van der Waals surface area contributed by atoms with Gasteiger partial charge in [-0.3, -0.25) is 4.79 Å². The van der Waals surface area contributed by atoms with E-state index in [4.69, 9.17) is 0 Å². The molecule has 128 valence electrons. The standard InChI is InChI=1S/C20H26N2OS/c1-5-22(14-17-10-12-18(13-11-17)21(3)4)20(23)15-24-19-9-7-6-8-16(19)2/h6-13H,5,14-15H2,1-4H3. The summed E-state index contributed by atoms with van der Waals surface area (Å²) in [6, 6.07) is 16.6. The lowest BCUT2D eigenvalue weighted by molar-refractivity contribution is -0.128. The van der Waals surface area contributed by atoms with Crippen LogP contribution in [0.3, 0.4) is 0 Å². The van der Waals surface area contributed by atoms with Crippen LogP contribution in [0.15, 0.2) is 53.4 Å². The average Bonchev–Trinajstić information content (AvgIpc) is 2.59. The van der Waals surface area contributed by atoms with Crippen LogP contribution < -0.4 is 4.90 Å². The fourth-order valence-corrected chi connectivity index (χ4v) is 3.38. The Hall–Kier alpha value is -1.94. The molecule has 0 atom stereocenters. The second-order valence-corrected chi connectivity index (χ2v) is 7.04. The van der Waals surface area contributed by atoms with Gasteiger partial charge in [0, 0.05) is 37.8 Å². The predicted molar refractivity (Wildman–Crippen MR) is 104 cm³/mol. The summed E-state index contributed by atoms with van der Waals surface area (Å²) in [4.78, 5) is 17.7. The van der Waals surface area contributed by atoms with Crippen LogP contribution in [-0.4, -0.2) is 37.2 Å². The molecule has 0 aliphatic carbocycles. The Morgan fingerprint density at radius 2 is 1.71 bits per heavy atom. The number of hydrogen-bond donors (Lipinski definition) is 0. The first-order valence-electron chi connectivity index (χ1n) is 8.23. The first-order valence-corrected chi connectivity index (χ1v) is 9.22. The Balaban J connectivity index is 1.95. The third-order valence-electron chi connectivity index (χ3n) is 4.01. The van der Waals surface area contributed by atoms with Crippen LogP contribution in [0.25, 0.3) is 0 Å². The van der Waals surface area contributed by atoms with Crippen molar-refractivity contribution in [2.45, 2.75) is 25.3 Å². The first-order chi connectivity index (χ1) is 11.5. The van der Waals surface area contributed by atoms with Crippen LogP contribution in [0, 0.1) is 6.92 Å². The monoisotopic (exact) mass is 342 g/mol. The van der Waals surface area contributed by atoms with Gasteiger partial charge >= 0.3 is 0 Å². The van der Waals surface area contributed by atoms with Crippen molar-refractivity contribution in [2.75, 3.05) is 31.3 Å². The van der Waals surface area contributed by atoms with Crippen molar-refractivity contribution in [3.05, 3.63) is 59.7 Å². The molecule has 2 aromatic rings. The van der Waals surface area contributed by atoms with E-state index < -0.39 is 0 Å². The molecule has 0 saturated carbocycles. The SMILES string of the molecule is CCN(Cc1ccc(N(C)C)cc1)C(=O)CSc1ccccc1C. The lowest BCUT2D eigenvalue weighted by Gasteiger charge is -2.21. The molecule has 1 amide bonds. The maximum Gasteiger partial charge on any atom is 0.233 e. The third kappa shape index (κ3) is 5.03. The average molecular weight is 343 g/mol. The van der Waals surface area contributed by atoms with E-state index in [1.165, 1.54) is 16.1 Å². The number of benzene rings is 2. The quantitative estimate of drug-likeness (QED) is 0.705. The summed E-state index contributed by atoms with van der Waals surface area (Å²) in [5, 5.41) is 0. The van der Waals surface area contributed by atoms with E-state index in [1.807, 2.05) is 38.1 Å². The Kier molecular flexibility index (Phi) is 6.73. The molecule has 0 N–H and O–H groups in total. The molecule has 24 heavy (non-hydrogen) atoms. The van der Waals surface area contributed by atoms with Gasteiger partial charge in [0.05, 0.1) is 5.75 Å². The minimum Gasteiger partial charge on any atom is -0.378 e. The van der Waals surface area contributed by atoms with Gasteiger partial charge in [0.25, 0.3) is 0 Å². The largest absolute Gasteiger partial charge is 0.378 e. The van der Waals surface area contributed by atoms with Crippen molar-refractivity contribution in [2.24, 2.45) is 0 Å². The van der Waals surface area contributed by atoms with E-state index in [0.29, 0.717) is 12.3 Å². The summed E-state index contributed by atoms with van der Waals surface area (Å²) in [5.74, 6) is 0.663. The minimum atomic E-state index is 0.183. The second kappa shape index (κ2) is 8.78. The van der Waals surface area contributed by atoms with Gasteiger partial charge < -0.3 is 9.80 Å². The van der Waals surface area contributed by atoms with Crippen molar-refractivity contribution >= 4 is 23.4 Å². The molecule has 0 bridgehead atoms. The lowest BCUT2D eigenvalue weighted by atomic mass is 10.2. The molecule has 0 radical (unpaired) electrons. The minimum absolute atomic E-state index is 0.183. The topological polar surface area (TPSA) is 23.6 Å². The molecular weight excluding hydrogens is 316 g/mol. The molecule has 0 aliphatic rings. The van der Waals surface area contributed by atoms with E-state index in [9.17, 15) is 4.79 Å². The Morgan fingerprint density at radius 1 is 1.04 bits per heavy atom. The number of aryl methyl sites for hydroxylation is 1. The van der Waals surface area contributed by atoms with Crippen LogP contribution >= 0.6 is 11.8 Å². The molecule has 0 heterocycles. The number of nitrogens with zero attached hydrogens (tertiary/aromatic N) is 2. The summed E-state index contributed by atoms with van der Waals surface area (Å²) in [5.41, 5.74) is 3.55. The number of carbonyl (C=O) groups excluding carboxylic acids is 1. The molecule has 0 unspecified atom stereocenters. The zero-order chi connectivity index (χ0) is 17.5. The number of thioether (sulfide) groups is 1. The van der Waals surface area contributed by atoms with Gasteiger partial charge in [-0.2, -0.15) is 0 Å². The number of amides is 1. The zero-order valence-electron chi connectivity index (χ0n) is 15.0. The van der Waals surface area contributed by atoms with Crippen LogP contribution in [-0.2, 0) is 11.3 Å². The lowest BCUT2D eigenvalue weighted by Crippen LogP contribution is -2.31. The van der Waals surface area contributed by atoms with E-state index >= 15 is 0 Å². The number of hydrogen-bond acceptors (Lipinski definition) is 3. The number of carbonyl (C=O) groups is 1. The van der Waals surface area contributed by atoms with E-state index in [-0.39, 0.29) is 5.91 Å². The fraction of sp³-hybridized carbons (Fsp3) is 0.350. The highest BCUT2D eigenvalue weighted by Gasteiger charge is 2.13. The van der Waals surface area contributed by atoms with Gasteiger partial charge in [-0.15, -0.1) is 11.8 Å². The smallest absolute Gasteiger partial charge is 0.233 e. The predicted octanol–water partition coefficient (Wildman–Crippen LogP) is 4.20. The van der Waals surface area contributed by atoms with Crippen molar-refractivity contribution in [3.63, 3.8) is 0 Å². The summed E-state index contributed by atoms with van der Waals surface area (Å²) < 4.78 is 0. The van der Waals surface area contributed by atoms with Gasteiger partial charge in [0.1, 0.15) is 0 Å². The second-order valence-electron chi connectivity index (χ2n) is 6.02. The molecule has 0 aliphatic heterocycles. The summed E-state index contributed by atoms with van der Waals surface area (Å²) in [6.07, 6.45) is 0. The van der Waals surface area contributed by atoms with Crippen LogP contribution in [0.5, 0.6) is 0 Å². The van der Waals surface area contributed by atoms with Gasteiger partial charge in [-0.25, -0.2) is 0 Å². The molecule has 4 heteroatoms. The van der Waals surface area contributed by atoms with Crippen LogP contribution in [0.1, 0.15) is 18.1 Å². The summed E-state index contributed by atoms with van der Waals surface area (Å²) >= 11 is 1.62. The van der Waals surface area contributed by atoms with Gasteiger partial charge in [-0.1, -0.05) is 30.3 Å². The number of anilines is 1. The van der Waals surface area contributed by atoms with Gasteiger partial charge in [0.2, 0.25) is 5.91 Å². The molecule has 2 aromatic carbocycles. The first kappa shape index (κ1) is 18.4. The molecular formula is C20H26N2OS. The van der Waals surface area contributed by atoms with E-state index in [1.54, 1.807) is 11.8 Å². The number of rotatable bonds is 7. The fourth-order valence-electron chi connectivity index (χ4n) is 2.45. The molecule has 3 nitrogen and oxygen atoms in total. The Bertz CT molecular complexity index is 668. The molecule has 0 aromatic heterocycles. The Morgan fingerprint density at radius 3 is 2.29 bits per heavy atom. The van der Waals surface area contributed by atoms with Gasteiger partial charge in [0.15, 0.2) is 0 Å². The molecule has 2 rings (SSSR count). The maximum atomic E-state index is 12.5. The third-order valence-corrected chi connectivity index (χ3v) is 5.17. The highest BCUT2D eigenvalue weighted by atomic mass is 32.2. The Labute approximate surface area is 149 Å². The zero-order valence-corrected chi connectivity index (χ0v) is 15.8. The molecule has 0 saturated heterocycles. The van der Waals surface area contributed by atoms with E-state index in [0.717, 1.165) is 12.1 Å². The normalized spacial score (nSPS) is 10.5. The summed E-state index contributed by atoms with van der Waals surface area (Å²) in [6.45, 7) is 5.50. The maximum absolute atomic E-state index is 12.5. The van der Waals surface area contributed by atoms with Crippen molar-refractivity contribution in [1.82, 2.24) is 4.90 Å². The van der Waals surface area contributed by atoms with Crippen LogP contribution in [0.2, 0.25) is 0 Å². The molecule has 0 fully saturated rings. The molecule has 0 spiro atoms. The highest BCUT2D eigenvalue weighted by Crippen LogP contribution is 2.22. The highest BCUT2D eigenvalue weighted by molar-refractivity contribution is 8.00. The van der Waals surface area contributed by atoms with E-state index in [2.05, 4.69) is 48.2 Å². The van der Waals surface area contributed by atoms with Crippen LogP contribution in [0.4, 0.5) is 5.69 Å². The van der Waals surface area contributed by atoms with Gasteiger partial charge in [-0.05, 0) is 43.2 Å². The summed E-state index contributed by atoms with van der Waals surface area (Å²) in [7, 11) is 4.05. The van der Waals surface area contributed by atoms with Crippen molar-refractivity contribution in [1.29, 1.82) is 0 Å². The van der Waals surface area contributed by atoms with Crippen molar-refractivity contribution in [3.8, 4) is 0 Å². The van der Waals surface area contributed by atoms with Crippen molar-refractivity contribution < 1.29 is 4.79 Å².